The Morgan fingerprint density at radius 2 is 2.04 bits per heavy atom. The van der Waals surface area contributed by atoms with E-state index >= 15 is 0 Å². The molecule has 1 fully saturated rings. The van der Waals surface area contributed by atoms with Gasteiger partial charge in [-0.25, -0.2) is 9.97 Å². The van der Waals surface area contributed by atoms with Gasteiger partial charge in [-0.3, -0.25) is 4.98 Å². The van der Waals surface area contributed by atoms with Crippen molar-refractivity contribution in [2.45, 2.75) is 39.5 Å². The molecule has 0 aliphatic carbocycles. The lowest BCUT2D eigenvalue weighted by atomic mass is 9.93. The fourth-order valence-electron chi connectivity index (χ4n) is 3.30. The minimum absolute atomic E-state index is 0.507. The molecule has 1 aliphatic rings. The van der Waals surface area contributed by atoms with Gasteiger partial charge in [-0.1, -0.05) is 19.9 Å². The Bertz CT molecular complexity index is 662. The smallest absolute Gasteiger partial charge is 0.150 e. The molecule has 5 heteroatoms. The summed E-state index contributed by atoms with van der Waals surface area (Å²) in [6.45, 7) is 10.1. The Labute approximate surface area is 144 Å². The van der Waals surface area contributed by atoms with Crippen LogP contribution >= 0.6 is 0 Å². The van der Waals surface area contributed by atoms with Crippen LogP contribution in [0, 0.1) is 12.8 Å². The summed E-state index contributed by atoms with van der Waals surface area (Å²) >= 11 is 0. The maximum absolute atomic E-state index is 4.79. The van der Waals surface area contributed by atoms with Crippen LogP contribution in [-0.4, -0.2) is 39.5 Å². The summed E-state index contributed by atoms with van der Waals surface area (Å²) in [4.78, 5) is 16.1. The minimum Gasteiger partial charge on any atom is -0.323 e. The van der Waals surface area contributed by atoms with Crippen molar-refractivity contribution in [3.05, 3.63) is 42.0 Å². The Hall–Kier alpha value is -2.01. The summed E-state index contributed by atoms with van der Waals surface area (Å²) < 4.78 is 0. The number of hydrogen-bond acceptors (Lipinski definition) is 5. The van der Waals surface area contributed by atoms with E-state index in [0.29, 0.717) is 5.92 Å². The van der Waals surface area contributed by atoms with Crippen LogP contribution in [0.25, 0.3) is 0 Å². The molecule has 0 amide bonds. The van der Waals surface area contributed by atoms with Crippen molar-refractivity contribution < 1.29 is 0 Å². The standard InChI is InChI=1S/C19H27N5/c1-14(2)13-24-9-6-16(7-10-24)17-11-20-12-18(22-17)23-19-15(3)5-4-8-21-19/h4-5,8,11-12,14,16H,6-7,9-10,13H2,1-3H3,(H,21,22,23). The first-order chi connectivity index (χ1) is 11.6. The largest absolute Gasteiger partial charge is 0.323 e. The van der Waals surface area contributed by atoms with E-state index in [4.69, 9.17) is 4.98 Å². The van der Waals surface area contributed by atoms with Gasteiger partial charge in [0.25, 0.3) is 0 Å². The van der Waals surface area contributed by atoms with Crippen LogP contribution < -0.4 is 5.32 Å². The average molecular weight is 325 g/mol. The third-order valence-corrected chi connectivity index (χ3v) is 4.54. The van der Waals surface area contributed by atoms with Crippen molar-refractivity contribution in [2.24, 2.45) is 5.92 Å². The van der Waals surface area contributed by atoms with Crippen LogP contribution in [0.5, 0.6) is 0 Å². The van der Waals surface area contributed by atoms with Crippen LogP contribution in [0.3, 0.4) is 0 Å². The molecule has 128 valence electrons. The average Bonchev–Trinajstić information content (AvgIpc) is 2.57. The zero-order chi connectivity index (χ0) is 16.9. The maximum Gasteiger partial charge on any atom is 0.150 e. The molecule has 3 rings (SSSR count). The van der Waals surface area contributed by atoms with Crippen molar-refractivity contribution >= 4 is 11.6 Å². The van der Waals surface area contributed by atoms with E-state index in [1.807, 2.05) is 25.3 Å². The van der Waals surface area contributed by atoms with Gasteiger partial charge in [0.05, 0.1) is 11.9 Å². The first-order valence-corrected chi connectivity index (χ1v) is 8.84. The second-order valence-electron chi connectivity index (χ2n) is 7.09. The van der Waals surface area contributed by atoms with E-state index in [2.05, 4.69) is 34.0 Å². The molecule has 0 spiro atoms. The highest BCUT2D eigenvalue weighted by Crippen LogP contribution is 2.27. The number of nitrogens with one attached hydrogen (secondary N) is 1. The summed E-state index contributed by atoms with van der Waals surface area (Å²) in [6.07, 6.45) is 7.79. The lowest BCUT2D eigenvalue weighted by Crippen LogP contribution is -2.35. The molecule has 2 aromatic heterocycles. The molecule has 0 bridgehead atoms. The van der Waals surface area contributed by atoms with E-state index < -0.39 is 0 Å². The predicted molar refractivity (Wildman–Crippen MR) is 97.5 cm³/mol. The Morgan fingerprint density at radius 3 is 2.75 bits per heavy atom. The molecule has 0 saturated carbocycles. The highest BCUT2D eigenvalue weighted by atomic mass is 15.1. The van der Waals surface area contributed by atoms with Gasteiger partial charge in [0.15, 0.2) is 0 Å². The van der Waals surface area contributed by atoms with Crippen LogP contribution in [0.2, 0.25) is 0 Å². The summed E-state index contributed by atoms with van der Waals surface area (Å²) in [6, 6.07) is 3.98. The number of piperidine rings is 1. The number of hydrogen-bond donors (Lipinski definition) is 1. The zero-order valence-corrected chi connectivity index (χ0v) is 14.9. The zero-order valence-electron chi connectivity index (χ0n) is 14.9. The molecule has 2 aromatic rings. The van der Waals surface area contributed by atoms with Crippen LogP contribution in [-0.2, 0) is 0 Å². The number of nitrogens with zero attached hydrogens (tertiary/aromatic N) is 4. The number of aromatic nitrogens is 3. The van der Waals surface area contributed by atoms with Gasteiger partial charge in [-0.2, -0.15) is 0 Å². The SMILES string of the molecule is Cc1cccnc1Nc1cncc(C2CCN(CC(C)C)CC2)n1. The van der Waals surface area contributed by atoms with Crippen LogP contribution in [0.4, 0.5) is 11.6 Å². The van der Waals surface area contributed by atoms with Gasteiger partial charge in [0.2, 0.25) is 0 Å². The lowest BCUT2D eigenvalue weighted by molar-refractivity contribution is 0.191. The molecule has 1 N–H and O–H groups in total. The number of likely N-dealkylation sites (tertiary alicyclic amines) is 1. The molecule has 0 aromatic carbocycles. The molecule has 0 unspecified atom stereocenters. The Morgan fingerprint density at radius 1 is 1.25 bits per heavy atom. The summed E-state index contributed by atoms with van der Waals surface area (Å²) in [5.41, 5.74) is 2.20. The second kappa shape index (κ2) is 7.71. The molecule has 0 atom stereocenters. The third kappa shape index (κ3) is 4.29. The number of aryl methyl sites for hydroxylation is 1. The van der Waals surface area contributed by atoms with E-state index in [9.17, 15) is 0 Å². The van der Waals surface area contributed by atoms with Crippen molar-refractivity contribution in [1.82, 2.24) is 19.9 Å². The quantitative estimate of drug-likeness (QED) is 0.907. The molecule has 24 heavy (non-hydrogen) atoms. The molecule has 1 saturated heterocycles. The van der Waals surface area contributed by atoms with Crippen molar-refractivity contribution in [3.8, 4) is 0 Å². The van der Waals surface area contributed by atoms with Gasteiger partial charge in [0.1, 0.15) is 11.6 Å². The highest BCUT2D eigenvalue weighted by Gasteiger charge is 2.22. The number of pyridine rings is 1. The monoisotopic (exact) mass is 325 g/mol. The number of anilines is 2. The Balaban J connectivity index is 1.65. The van der Waals surface area contributed by atoms with Gasteiger partial charge in [-0.15, -0.1) is 0 Å². The molecular weight excluding hydrogens is 298 g/mol. The highest BCUT2D eigenvalue weighted by molar-refractivity contribution is 5.54. The molecule has 1 aliphatic heterocycles. The van der Waals surface area contributed by atoms with Crippen molar-refractivity contribution in [2.75, 3.05) is 25.0 Å². The molecular formula is C19H27N5. The van der Waals surface area contributed by atoms with E-state index in [0.717, 1.165) is 54.7 Å². The molecule has 5 nitrogen and oxygen atoms in total. The fraction of sp³-hybridized carbons (Fsp3) is 0.526. The lowest BCUT2D eigenvalue weighted by Gasteiger charge is -2.32. The van der Waals surface area contributed by atoms with Crippen molar-refractivity contribution in [1.29, 1.82) is 0 Å². The second-order valence-corrected chi connectivity index (χ2v) is 7.09. The summed E-state index contributed by atoms with van der Waals surface area (Å²) in [7, 11) is 0. The normalized spacial score (nSPS) is 16.5. The first-order valence-electron chi connectivity index (χ1n) is 8.84. The van der Waals surface area contributed by atoms with Gasteiger partial charge >= 0.3 is 0 Å². The minimum atomic E-state index is 0.507. The maximum atomic E-state index is 4.79. The summed E-state index contributed by atoms with van der Waals surface area (Å²) in [5.74, 6) is 2.86. The molecule has 0 radical (unpaired) electrons. The van der Waals surface area contributed by atoms with E-state index in [-0.39, 0.29) is 0 Å². The Kier molecular flexibility index (Phi) is 5.41. The van der Waals surface area contributed by atoms with Crippen LogP contribution in [0.15, 0.2) is 30.7 Å². The third-order valence-electron chi connectivity index (χ3n) is 4.54. The fourth-order valence-corrected chi connectivity index (χ4v) is 3.30. The van der Waals surface area contributed by atoms with E-state index in [1.165, 1.54) is 6.54 Å². The number of rotatable bonds is 5. The van der Waals surface area contributed by atoms with E-state index in [1.54, 1.807) is 12.4 Å². The predicted octanol–water partition coefficient (Wildman–Crippen LogP) is 3.76. The van der Waals surface area contributed by atoms with Gasteiger partial charge in [-0.05, 0) is 50.4 Å². The summed E-state index contributed by atoms with van der Waals surface area (Å²) in [5, 5.41) is 3.29. The van der Waals surface area contributed by atoms with Crippen LogP contribution in [0.1, 0.15) is 43.9 Å². The first kappa shape index (κ1) is 16.8. The topological polar surface area (TPSA) is 53.9 Å². The van der Waals surface area contributed by atoms with Gasteiger partial charge < -0.3 is 10.2 Å². The van der Waals surface area contributed by atoms with Gasteiger partial charge in [0, 0.05) is 24.9 Å². The molecule has 3 heterocycles. The van der Waals surface area contributed by atoms with Crippen molar-refractivity contribution in [3.63, 3.8) is 0 Å².